The highest BCUT2D eigenvalue weighted by atomic mass is 35.5. The highest BCUT2D eigenvalue weighted by molar-refractivity contribution is 6.27. The van der Waals surface area contributed by atoms with Crippen molar-refractivity contribution in [1.29, 1.82) is 0 Å². The second-order valence-electron chi connectivity index (χ2n) is 12.6. The number of rotatable bonds is 5. The van der Waals surface area contributed by atoms with Gasteiger partial charge in [-0.2, -0.15) is 0 Å². The Morgan fingerprint density at radius 3 is 2.27 bits per heavy atom. The van der Waals surface area contributed by atoms with E-state index in [4.69, 9.17) is 11.6 Å². The quantitative estimate of drug-likeness (QED) is 0.293. The Balaban J connectivity index is 1.20. The summed E-state index contributed by atoms with van der Waals surface area (Å²) in [5.74, 6) is 2.73. The van der Waals surface area contributed by atoms with E-state index in [1.807, 2.05) is 23.1 Å². The number of fused-ring (bicyclic) bond motifs is 3. The number of nitrogens with one attached hydrogen (secondary N) is 1. The number of Topliss-reactive ketones (excluding diaryl/α,β-unsaturated/α-hetero) is 1. The third-order valence-electron chi connectivity index (χ3n) is 10.0. The van der Waals surface area contributed by atoms with E-state index in [1.165, 1.54) is 49.5 Å². The van der Waals surface area contributed by atoms with Crippen molar-refractivity contribution in [2.75, 3.05) is 5.88 Å². The molecule has 4 nitrogen and oxygen atoms in total. The summed E-state index contributed by atoms with van der Waals surface area (Å²) in [5.41, 5.74) is 5.48. The number of aromatic nitrogens is 1. The average molecular weight is 515 g/mol. The molecule has 4 saturated carbocycles. The Morgan fingerprint density at radius 1 is 0.973 bits per heavy atom. The fourth-order valence-corrected chi connectivity index (χ4v) is 9.19. The summed E-state index contributed by atoms with van der Waals surface area (Å²) in [5, 5.41) is 1.22. The maximum absolute atomic E-state index is 13.5. The molecular formula is C32H35ClN2O2. The summed E-state index contributed by atoms with van der Waals surface area (Å²) in [4.78, 5) is 32.1. The zero-order chi connectivity index (χ0) is 25.3. The number of hydrogen-bond acceptors (Lipinski definition) is 2. The molecule has 0 spiro atoms. The van der Waals surface area contributed by atoms with Gasteiger partial charge in [0.25, 0.3) is 0 Å². The molecule has 2 heterocycles. The second kappa shape index (κ2) is 8.73. The van der Waals surface area contributed by atoms with E-state index in [1.54, 1.807) is 0 Å². The molecule has 4 bridgehead atoms. The van der Waals surface area contributed by atoms with Crippen LogP contribution in [0.5, 0.6) is 0 Å². The molecule has 192 valence electrons. The molecule has 1 N–H and O–H groups in total. The minimum atomic E-state index is -0.246. The van der Waals surface area contributed by atoms with Gasteiger partial charge in [-0.05, 0) is 92.2 Å². The highest BCUT2D eigenvalue weighted by Crippen LogP contribution is 2.61. The number of hydrogen-bond donors (Lipinski definition) is 1. The van der Waals surface area contributed by atoms with Crippen LogP contribution in [0.3, 0.4) is 0 Å². The maximum Gasteiger partial charge on any atom is 0.238 e. The van der Waals surface area contributed by atoms with Crippen LogP contribution in [0.2, 0.25) is 0 Å². The van der Waals surface area contributed by atoms with Crippen molar-refractivity contribution in [1.82, 2.24) is 9.88 Å². The molecule has 0 saturated heterocycles. The zero-order valence-electron chi connectivity index (χ0n) is 21.5. The Kier molecular flexibility index (Phi) is 5.55. The topological polar surface area (TPSA) is 53.2 Å². The molecule has 5 heteroatoms. The number of carbonyl (C=O) groups excluding carboxylic acids is 2. The summed E-state index contributed by atoms with van der Waals surface area (Å²) in [6.07, 6.45) is 9.43. The zero-order valence-corrected chi connectivity index (χ0v) is 22.3. The SMILES string of the molecule is C[C@H]1Cc2c([nH]c3ccccc23)[C@H](c2ccc(C(=O)CC34CC5CC(CC(C5)C3)C4)cc2)N1C(=O)CCl. The third kappa shape index (κ3) is 3.86. The number of carbonyl (C=O) groups is 2. The molecule has 37 heavy (non-hydrogen) atoms. The van der Waals surface area contributed by atoms with Crippen molar-refractivity contribution in [3.05, 3.63) is 70.9 Å². The number of alkyl halides is 1. The van der Waals surface area contributed by atoms with Crippen LogP contribution < -0.4 is 0 Å². The van der Waals surface area contributed by atoms with Crippen LogP contribution in [0.1, 0.15) is 85.1 Å². The van der Waals surface area contributed by atoms with E-state index in [-0.39, 0.29) is 35.1 Å². The van der Waals surface area contributed by atoms with Crippen molar-refractivity contribution >= 4 is 34.2 Å². The number of halogens is 1. The summed E-state index contributed by atoms with van der Waals surface area (Å²) in [6, 6.07) is 16.2. The molecule has 8 rings (SSSR count). The number of nitrogens with zero attached hydrogens (tertiary/aromatic N) is 1. The van der Waals surface area contributed by atoms with Gasteiger partial charge in [0.15, 0.2) is 5.78 Å². The van der Waals surface area contributed by atoms with E-state index in [2.05, 4.69) is 42.2 Å². The molecule has 4 fully saturated rings. The molecule has 5 aliphatic rings. The van der Waals surface area contributed by atoms with Crippen LogP contribution in [-0.2, 0) is 11.2 Å². The van der Waals surface area contributed by atoms with Gasteiger partial charge in [-0.25, -0.2) is 0 Å². The lowest BCUT2D eigenvalue weighted by Crippen LogP contribution is -2.47. The van der Waals surface area contributed by atoms with Gasteiger partial charge in [-0.15, -0.1) is 11.6 Å². The van der Waals surface area contributed by atoms with Crippen LogP contribution in [0.25, 0.3) is 10.9 Å². The minimum absolute atomic E-state index is 0.0281. The van der Waals surface area contributed by atoms with Gasteiger partial charge in [-0.1, -0.05) is 42.5 Å². The van der Waals surface area contributed by atoms with E-state index in [9.17, 15) is 9.59 Å². The largest absolute Gasteiger partial charge is 0.356 e. The lowest BCUT2D eigenvalue weighted by atomic mass is 9.48. The first-order chi connectivity index (χ1) is 17.9. The molecule has 2 aromatic carbocycles. The molecule has 1 amide bonds. The maximum atomic E-state index is 13.5. The van der Waals surface area contributed by atoms with Crippen molar-refractivity contribution in [2.45, 2.75) is 70.4 Å². The minimum Gasteiger partial charge on any atom is -0.356 e. The Morgan fingerprint density at radius 2 is 1.62 bits per heavy atom. The van der Waals surface area contributed by atoms with Crippen molar-refractivity contribution < 1.29 is 9.59 Å². The monoisotopic (exact) mass is 514 g/mol. The van der Waals surface area contributed by atoms with E-state index in [0.717, 1.165) is 46.5 Å². The van der Waals surface area contributed by atoms with Gasteiger partial charge in [0.05, 0.1) is 6.04 Å². The lowest BCUT2D eigenvalue weighted by molar-refractivity contribution is -0.133. The van der Waals surface area contributed by atoms with E-state index in [0.29, 0.717) is 6.42 Å². The molecule has 2 atom stereocenters. The van der Waals surface area contributed by atoms with Crippen LogP contribution in [0.4, 0.5) is 0 Å². The van der Waals surface area contributed by atoms with Gasteiger partial charge in [0.2, 0.25) is 5.91 Å². The van der Waals surface area contributed by atoms with Gasteiger partial charge in [-0.3, -0.25) is 9.59 Å². The van der Waals surface area contributed by atoms with Gasteiger partial charge in [0.1, 0.15) is 5.88 Å². The lowest BCUT2D eigenvalue weighted by Gasteiger charge is -2.56. The highest BCUT2D eigenvalue weighted by Gasteiger charge is 2.51. The number of amides is 1. The summed E-state index contributed by atoms with van der Waals surface area (Å²) >= 11 is 6.08. The molecular weight excluding hydrogens is 480 g/mol. The summed E-state index contributed by atoms with van der Waals surface area (Å²) in [7, 11) is 0. The molecule has 4 aliphatic carbocycles. The van der Waals surface area contributed by atoms with Crippen molar-refractivity contribution in [3.8, 4) is 0 Å². The van der Waals surface area contributed by atoms with Crippen molar-refractivity contribution in [3.63, 3.8) is 0 Å². The molecule has 0 radical (unpaired) electrons. The van der Waals surface area contributed by atoms with Gasteiger partial charge < -0.3 is 9.88 Å². The summed E-state index contributed by atoms with van der Waals surface area (Å²) < 4.78 is 0. The van der Waals surface area contributed by atoms with Gasteiger partial charge >= 0.3 is 0 Å². The van der Waals surface area contributed by atoms with Crippen LogP contribution in [-0.4, -0.2) is 33.5 Å². The fourth-order valence-electron chi connectivity index (χ4n) is 9.05. The number of aromatic amines is 1. The number of H-pyrrole nitrogens is 1. The first-order valence-electron chi connectivity index (χ1n) is 14.0. The van der Waals surface area contributed by atoms with Crippen molar-refractivity contribution in [2.24, 2.45) is 23.2 Å². The first kappa shape index (κ1) is 23.5. The number of benzene rings is 2. The second-order valence-corrected chi connectivity index (χ2v) is 12.9. The van der Waals surface area contributed by atoms with E-state index < -0.39 is 0 Å². The van der Waals surface area contributed by atoms with Crippen LogP contribution in [0.15, 0.2) is 48.5 Å². The number of ketones is 1. The molecule has 1 aliphatic heterocycles. The van der Waals surface area contributed by atoms with Crippen LogP contribution >= 0.6 is 11.6 Å². The third-order valence-corrected chi connectivity index (χ3v) is 10.3. The predicted octanol–water partition coefficient (Wildman–Crippen LogP) is 7.06. The summed E-state index contributed by atoms with van der Waals surface area (Å²) in [6.45, 7) is 2.10. The Hall–Kier alpha value is -2.59. The standard InChI is InChI=1S/C32H35ClN2O2/c1-19-10-26-25-4-2-3-5-27(25)34-30(26)31(35(19)29(37)18-33)24-8-6-23(7-9-24)28(36)17-32-14-20-11-21(15-32)13-22(12-20)16-32/h2-9,19-22,31,34H,10-18H2,1H3/t19-,20?,21?,22?,31-,32?/m0/s1. The molecule has 1 aromatic heterocycles. The fraction of sp³-hybridized carbons (Fsp3) is 0.500. The molecule has 3 aromatic rings. The van der Waals surface area contributed by atoms with E-state index >= 15 is 0 Å². The average Bonchev–Trinajstić information content (AvgIpc) is 3.24. The van der Waals surface area contributed by atoms with Crippen LogP contribution in [0, 0.1) is 23.2 Å². The first-order valence-corrected chi connectivity index (χ1v) is 14.6. The molecule has 0 unspecified atom stereocenters. The Labute approximate surface area is 223 Å². The number of para-hydroxylation sites is 1. The normalized spacial score (nSPS) is 32.1. The predicted molar refractivity (Wildman–Crippen MR) is 147 cm³/mol. The van der Waals surface area contributed by atoms with Gasteiger partial charge in [0, 0.05) is 34.6 Å². The Bertz CT molecular complexity index is 1340. The smallest absolute Gasteiger partial charge is 0.238 e.